The molecule has 0 bridgehead atoms. The van der Waals surface area contributed by atoms with Crippen molar-refractivity contribution in [2.45, 2.75) is 69.3 Å². The maximum absolute atomic E-state index is 13.1. The lowest BCUT2D eigenvalue weighted by Crippen LogP contribution is -2.36. The first-order chi connectivity index (χ1) is 13.5. The molecule has 160 valence electrons. The monoisotopic (exact) mass is 413 g/mol. The maximum Gasteiger partial charge on any atom is 0.227 e. The van der Waals surface area contributed by atoms with Gasteiger partial charge in [0.1, 0.15) is 0 Å². The summed E-state index contributed by atoms with van der Waals surface area (Å²) in [6.45, 7) is 3.61. The first-order valence-electron chi connectivity index (χ1n) is 10.5. The van der Waals surface area contributed by atoms with Crippen LogP contribution in [0.3, 0.4) is 0 Å². The van der Waals surface area contributed by atoms with E-state index in [1.807, 2.05) is 4.57 Å². The Hall–Kier alpha value is -0.960. The molecule has 28 heavy (non-hydrogen) atoms. The second kappa shape index (κ2) is 10.2. The molecule has 3 rings (SSSR count). The van der Waals surface area contributed by atoms with Gasteiger partial charge in [0, 0.05) is 40.4 Å². The Labute approximate surface area is 169 Å². The number of imidazole rings is 1. The number of methoxy groups -OCH3 is 2. The quantitative estimate of drug-likeness (QED) is 0.619. The zero-order chi connectivity index (χ0) is 20.0. The summed E-state index contributed by atoms with van der Waals surface area (Å²) in [5.41, 5.74) is 0.954. The molecule has 2 fully saturated rings. The minimum Gasteiger partial charge on any atom is -0.383 e. The van der Waals surface area contributed by atoms with Gasteiger partial charge in [-0.25, -0.2) is 13.4 Å². The number of piperidine rings is 1. The summed E-state index contributed by atoms with van der Waals surface area (Å²) in [6.07, 6.45) is 9.63. The second-order valence-corrected chi connectivity index (χ2v) is 10.1. The Morgan fingerprint density at radius 3 is 2.46 bits per heavy atom. The second-order valence-electron chi connectivity index (χ2n) is 8.17. The SMILES string of the molecule is COCCn1c(CN2CCC(OC)CC2)cnc1S(=O)(=O)CC1CCCCC1. The van der Waals surface area contributed by atoms with E-state index in [0.717, 1.165) is 57.3 Å². The molecule has 0 unspecified atom stereocenters. The molecule has 1 aliphatic heterocycles. The Balaban J connectivity index is 1.73. The highest BCUT2D eigenvalue weighted by Crippen LogP contribution is 2.27. The van der Waals surface area contributed by atoms with Gasteiger partial charge in [-0.15, -0.1) is 0 Å². The fourth-order valence-electron chi connectivity index (χ4n) is 4.46. The lowest BCUT2D eigenvalue weighted by Gasteiger charge is -2.31. The lowest BCUT2D eigenvalue weighted by atomic mass is 9.91. The van der Waals surface area contributed by atoms with Crippen molar-refractivity contribution in [2.24, 2.45) is 5.92 Å². The van der Waals surface area contributed by atoms with Gasteiger partial charge >= 0.3 is 0 Å². The van der Waals surface area contributed by atoms with Crippen LogP contribution < -0.4 is 0 Å². The first-order valence-corrected chi connectivity index (χ1v) is 12.2. The van der Waals surface area contributed by atoms with E-state index in [1.54, 1.807) is 20.4 Å². The average molecular weight is 414 g/mol. The molecule has 7 nitrogen and oxygen atoms in total. The molecule has 1 aliphatic carbocycles. The minimum absolute atomic E-state index is 0.218. The number of hydrogen-bond donors (Lipinski definition) is 0. The van der Waals surface area contributed by atoms with Crippen LogP contribution in [0, 0.1) is 5.92 Å². The summed E-state index contributed by atoms with van der Waals surface area (Å²) in [4.78, 5) is 6.73. The fraction of sp³-hybridized carbons (Fsp3) is 0.850. The molecule has 1 aromatic rings. The molecule has 0 amide bonds. The lowest BCUT2D eigenvalue weighted by molar-refractivity contribution is 0.0380. The zero-order valence-electron chi connectivity index (χ0n) is 17.3. The number of nitrogens with zero attached hydrogens (tertiary/aromatic N) is 3. The van der Waals surface area contributed by atoms with Gasteiger partial charge in [0.15, 0.2) is 0 Å². The summed E-state index contributed by atoms with van der Waals surface area (Å²) in [6, 6.07) is 0. The topological polar surface area (TPSA) is 73.7 Å². The standard InChI is InChI=1S/C20H35N3O4S/c1-26-13-12-23-18(15-22-10-8-19(27-2)9-11-22)14-21-20(23)28(24,25)16-17-6-4-3-5-7-17/h14,17,19H,3-13,15-16H2,1-2H3. The predicted molar refractivity (Wildman–Crippen MR) is 108 cm³/mol. The highest BCUT2D eigenvalue weighted by molar-refractivity contribution is 7.91. The van der Waals surface area contributed by atoms with Crippen LogP contribution in [-0.2, 0) is 32.4 Å². The Bertz CT molecular complexity index is 705. The van der Waals surface area contributed by atoms with Crippen molar-refractivity contribution in [2.75, 3.05) is 39.7 Å². The van der Waals surface area contributed by atoms with E-state index in [1.165, 1.54) is 6.42 Å². The predicted octanol–water partition coefficient (Wildman–Crippen LogP) is 2.49. The first kappa shape index (κ1) is 21.7. The number of ether oxygens (including phenoxy) is 2. The van der Waals surface area contributed by atoms with Crippen LogP contribution in [0.1, 0.15) is 50.6 Å². The van der Waals surface area contributed by atoms with E-state index < -0.39 is 9.84 Å². The summed E-state index contributed by atoms with van der Waals surface area (Å²) in [5.74, 6) is 0.484. The molecule has 2 aliphatic rings. The summed E-state index contributed by atoms with van der Waals surface area (Å²) >= 11 is 0. The fourth-order valence-corrected chi connectivity index (χ4v) is 6.32. The molecule has 8 heteroatoms. The van der Waals surface area contributed by atoms with Crippen molar-refractivity contribution in [3.05, 3.63) is 11.9 Å². The van der Waals surface area contributed by atoms with Crippen molar-refractivity contribution in [3.63, 3.8) is 0 Å². The van der Waals surface area contributed by atoms with Gasteiger partial charge in [0.05, 0.1) is 30.4 Å². The smallest absolute Gasteiger partial charge is 0.227 e. The molecule has 0 aromatic carbocycles. The molecule has 0 spiro atoms. The van der Waals surface area contributed by atoms with Gasteiger partial charge in [-0.1, -0.05) is 19.3 Å². The van der Waals surface area contributed by atoms with Crippen LogP contribution in [0.25, 0.3) is 0 Å². The molecule has 1 aromatic heterocycles. The van der Waals surface area contributed by atoms with Gasteiger partial charge in [-0.2, -0.15) is 0 Å². The third kappa shape index (κ3) is 5.55. The van der Waals surface area contributed by atoms with E-state index in [4.69, 9.17) is 9.47 Å². The number of hydrogen-bond acceptors (Lipinski definition) is 6. The van der Waals surface area contributed by atoms with E-state index in [2.05, 4.69) is 9.88 Å². The highest BCUT2D eigenvalue weighted by Gasteiger charge is 2.29. The molecule has 2 heterocycles. The molecule has 0 N–H and O–H groups in total. The van der Waals surface area contributed by atoms with Crippen molar-refractivity contribution in [3.8, 4) is 0 Å². The van der Waals surface area contributed by atoms with E-state index in [-0.39, 0.29) is 16.8 Å². The molecule has 0 atom stereocenters. The van der Waals surface area contributed by atoms with Gasteiger partial charge in [-0.3, -0.25) is 4.90 Å². The zero-order valence-corrected chi connectivity index (χ0v) is 18.1. The van der Waals surface area contributed by atoms with Crippen LogP contribution in [-0.4, -0.2) is 68.6 Å². The number of aromatic nitrogens is 2. The Morgan fingerprint density at radius 1 is 1.11 bits per heavy atom. The number of rotatable bonds is 9. The van der Waals surface area contributed by atoms with Gasteiger partial charge in [0.25, 0.3) is 0 Å². The van der Waals surface area contributed by atoms with Crippen LogP contribution in [0.4, 0.5) is 0 Å². The number of sulfone groups is 1. The molecule has 1 saturated carbocycles. The molecule has 0 radical (unpaired) electrons. The van der Waals surface area contributed by atoms with Crippen molar-refractivity contribution in [1.82, 2.24) is 14.5 Å². The molecule has 1 saturated heterocycles. The van der Waals surface area contributed by atoms with Gasteiger partial charge < -0.3 is 14.0 Å². The summed E-state index contributed by atoms with van der Waals surface area (Å²) in [7, 11) is 0.0128. The van der Waals surface area contributed by atoms with E-state index >= 15 is 0 Å². The molecular formula is C20H35N3O4S. The summed E-state index contributed by atoms with van der Waals surface area (Å²) < 4.78 is 38.8. The van der Waals surface area contributed by atoms with Crippen molar-refractivity contribution in [1.29, 1.82) is 0 Å². The van der Waals surface area contributed by atoms with Crippen LogP contribution in [0.2, 0.25) is 0 Å². The number of likely N-dealkylation sites (tertiary alicyclic amines) is 1. The largest absolute Gasteiger partial charge is 0.383 e. The van der Waals surface area contributed by atoms with Crippen LogP contribution in [0.5, 0.6) is 0 Å². The third-order valence-electron chi connectivity index (χ3n) is 6.13. The Kier molecular flexibility index (Phi) is 7.91. The van der Waals surface area contributed by atoms with Crippen LogP contribution in [0.15, 0.2) is 11.4 Å². The summed E-state index contributed by atoms with van der Waals surface area (Å²) in [5, 5.41) is 0.219. The maximum atomic E-state index is 13.1. The van der Waals surface area contributed by atoms with Crippen molar-refractivity contribution >= 4 is 9.84 Å². The highest BCUT2D eigenvalue weighted by atomic mass is 32.2. The molecular weight excluding hydrogens is 378 g/mol. The third-order valence-corrected chi connectivity index (χ3v) is 7.92. The Morgan fingerprint density at radius 2 is 1.82 bits per heavy atom. The van der Waals surface area contributed by atoms with E-state index in [9.17, 15) is 8.42 Å². The average Bonchev–Trinajstić information content (AvgIpc) is 3.11. The minimum atomic E-state index is -3.40. The van der Waals surface area contributed by atoms with Gasteiger partial charge in [-0.05, 0) is 31.6 Å². The van der Waals surface area contributed by atoms with Crippen LogP contribution >= 0.6 is 0 Å². The van der Waals surface area contributed by atoms with Crippen molar-refractivity contribution < 1.29 is 17.9 Å². The van der Waals surface area contributed by atoms with E-state index in [0.29, 0.717) is 25.8 Å². The van der Waals surface area contributed by atoms with Gasteiger partial charge in [0.2, 0.25) is 15.0 Å². The normalized spacial score (nSPS) is 20.6.